The Morgan fingerprint density at radius 2 is 1.90 bits per heavy atom. The molecule has 1 atom stereocenters. The minimum absolute atomic E-state index is 0.114. The average molecular weight is 438 g/mol. The number of amides is 1. The molecule has 2 aromatic carbocycles. The van der Waals surface area contributed by atoms with Crippen molar-refractivity contribution in [2.45, 2.75) is 24.8 Å². The molecule has 8 nitrogen and oxygen atoms in total. The standard InChI is InChI=1S/C19H23N3O5S2/c1-14-9-10-16(22(24)25)13-18(14)21(29(3,26)27)15(2)19(23)20-11-12-28-17-7-5-4-6-8-17/h4-10,13,15H,11-12H2,1-3H3,(H,20,23). The van der Waals surface area contributed by atoms with Gasteiger partial charge in [-0.2, -0.15) is 0 Å². The lowest BCUT2D eigenvalue weighted by atomic mass is 10.1. The monoisotopic (exact) mass is 437 g/mol. The molecule has 2 aromatic rings. The van der Waals surface area contributed by atoms with E-state index in [1.54, 1.807) is 18.7 Å². The number of non-ortho nitro benzene ring substituents is 1. The number of hydrogen-bond donors (Lipinski definition) is 1. The van der Waals surface area contributed by atoms with Gasteiger partial charge in [0, 0.05) is 29.3 Å². The molecule has 0 aliphatic carbocycles. The summed E-state index contributed by atoms with van der Waals surface area (Å²) in [6.45, 7) is 3.45. The van der Waals surface area contributed by atoms with E-state index in [2.05, 4.69) is 5.32 Å². The molecule has 0 aliphatic heterocycles. The van der Waals surface area contributed by atoms with Crippen LogP contribution in [0.15, 0.2) is 53.4 Å². The first kappa shape index (κ1) is 22.7. The van der Waals surface area contributed by atoms with Gasteiger partial charge in [-0.3, -0.25) is 19.2 Å². The Bertz CT molecular complexity index is 981. The van der Waals surface area contributed by atoms with Crippen molar-refractivity contribution in [2.75, 3.05) is 22.9 Å². The van der Waals surface area contributed by atoms with Crippen LogP contribution < -0.4 is 9.62 Å². The normalized spacial score (nSPS) is 12.2. The number of carbonyl (C=O) groups is 1. The number of aryl methyl sites for hydroxylation is 1. The lowest BCUT2D eigenvalue weighted by Crippen LogP contribution is -2.48. The number of hydrogen-bond acceptors (Lipinski definition) is 6. The lowest BCUT2D eigenvalue weighted by Gasteiger charge is -2.29. The van der Waals surface area contributed by atoms with Crippen LogP contribution in [-0.4, -0.2) is 43.8 Å². The Morgan fingerprint density at radius 3 is 2.48 bits per heavy atom. The zero-order valence-electron chi connectivity index (χ0n) is 16.4. The second-order valence-electron chi connectivity index (χ2n) is 6.42. The van der Waals surface area contributed by atoms with Crippen LogP contribution in [0.3, 0.4) is 0 Å². The van der Waals surface area contributed by atoms with Gasteiger partial charge in [-0.05, 0) is 31.5 Å². The predicted octanol–water partition coefficient (Wildman–Crippen LogP) is 2.97. The molecule has 156 valence electrons. The molecule has 1 amide bonds. The third-order valence-corrected chi connectivity index (χ3v) is 6.38. The van der Waals surface area contributed by atoms with Gasteiger partial charge in [0.05, 0.1) is 16.9 Å². The van der Waals surface area contributed by atoms with Gasteiger partial charge < -0.3 is 5.32 Å². The van der Waals surface area contributed by atoms with E-state index in [0.29, 0.717) is 17.9 Å². The number of nitrogens with one attached hydrogen (secondary N) is 1. The van der Waals surface area contributed by atoms with Crippen molar-refractivity contribution in [3.8, 4) is 0 Å². The quantitative estimate of drug-likeness (QED) is 0.280. The van der Waals surface area contributed by atoms with Crippen LogP contribution >= 0.6 is 11.8 Å². The van der Waals surface area contributed by atoms with Gasteiger partial charge in [-0.25, -0.2) is 8.42 Å². The molecular formula is C19H23N3O5S2. The maximum Gasteiger partial charge on any atom is 0.271 e. The number of thioether (sulfide) groups is 1. The van der Waals surface area contributed by atoms with Crippen molar-refractivity contribution < 1.29 is 18.1 Å². The highest BCUT2D eigenvalue weighted by Crippen LogP contribution is 2.29. The van der Waals surface area contributed by atoms with Gasteiger partial charge in [-0.1, -0.05) is 24.3 Å². The summed E-state index contributed by atoms with van der Waals surface area (Å²) in [5.41, 5.74) is 0.384. The number of benzene rings is 2. The zero-order valence-corrected chi connectivity index (χ0v) is 18.0. The van der Waals surface area contributed by atoms with Crippen molar-refractivity contribution in [2.24, 2.45) is 0 Å². The Morgan fingerprint density at radius 1 is 1.24 bits per heavy atom. The molecule has 0 bridgehead atoms. The smallest absolute Gasteiger partial charge is 0.271 e. The van der Waals surface area contributed by atoms with E-state index in [0.717, 1.165) is 15.5 Å². The highest BCUT2D eigenvalue weighted by molar-refractivity contribution is 7.99. The number of nitro groups is 1. The maximum atomic E-state index is 12.6. The molecule has 0 aromatic heterocycles. The van der Waals surface area contributed by atoms with Crippen molar-refractivity contribution >= 4 is 39.1 Å². The fraction of sp³-hybridized carbons (Fsp3) is 0.316. The molecule has 0 saturated heterocycles. The Kier molecular flexibility index (Phi) is 7.63. The van der Waals surface area contributed by atoms with E-state index in [1.165, 1.54) is 25.1 Å². The Labute approximate surface area is 174 Å². The molecule has 0 aliphatic rings. The predicted molar refractivity (Wildman–Crippen MR) is 115 cm³/mol. The van der Waals surface area contributed by atoms with Gasteiger partial charge in [-0.15, -0.1) is 11.8 Å². The number of carbonyl (C=O) groups excluding carboxylic acids is 1. The Balaban J connectivity index is 2.13. The average Bonchev–Trinajstić information content (AvgIpc) is 2.66. The van der Waals surface area contributed by atoms with Gasteiger partial charge in [0.2, 0.25) is 15.9 Å². The third kappa shape index (κ3) is 6.20. The summed E-state index contributed by atoms with van der Waals surface area (Å²) in [6.07, 6.45) is 0.973. The number of nitrogens with zero attached hydrogens (tertiary/aromatic N) is 2. The van der Waals surface area contributed by atoms with E-state index in [-0.39, 0.29) is 11.4 Å². The SMILES string of the molecule is Cc1ccc([N+](=O)[O-])cc1N(C(C)C(=O)NCCSc1ccccc1)S(C)(=O)=O. The zero-order chi connectivity index (χ0) is 21.6. The van der Waals surface area contributed by atoms with Crippen LogP contribution in [0.1, 0.15) is 12.5 Å². The molecule has 2 rings (SSSR count). The van der Waals surface area contributed by atoms with Crippen LogP contribution in [0.25, 0.3) is 0 Å². The van der Waals surface area contributed by atoms with Crippen LogP contribution in [-0.2, 0) is 14.8 Å². The number of sulfonamides is 1. The summed E-state index contributed by atoms with van der Waals surface area (Å²) in [5.74, 6) is 0.145. The second-order valence-corrected chi connectivity index (χ2v) is 9.44. The highest BCUT2D eigenvalue weighted by atomic mass is 32.2. The van der Waals surface area contributed by atoms with E-state index >= 15 is 0 Å². The summed E-state index contributed by atoms with van der Waals surface area (Å²) >= 11 is 1.57. The molecule has 0 saturated carbocycles. The molecule has 1 unspecified atom stereocenters. The first-order valence-electron chi connectivity index (χ1n) is 8.81. The van der Waals surface area contributed by atoms with E-state index < -0.39 is 26.9 Å². The van der Waals surface area contributed by atoms with E-state index in [4.69, 9.17) is 0 Å². The van der Waals surface area contributed by atoms with Gasteiger partial charge >= 0.3 is 0 Å². The van der Waals surface area contributed by atoms with Crippen molar-refractivity contribution in [1.82, 2.24) is 5.32 Å². The summed E-state index contributed by atoms with van der Waals surface area (Å²) in [7, 11) is -3.86. The first-order chi connectivity index (χ1) is 13.6. The largest absolute Gasteiger partial charge is 0.353 e. The van der Waals surface area contributed by atoms with Gasteiger partial charge in [0.25, 0.3) is 5.69 Å². The van der Waals surface area contributed by atoms with Crippen LogP contribution in [0, 0.1) is 17.0 Å². The minimum Gasteiger partial charge on any atom is -0.353 e. The number of nitro benzene ring substituents is 1. The van der Waals surface area contributed by atoms with Crippen LogP contribution in [0.4, 0.5) is 11.4 Å². The molecule has 0 heterocycles. The number of rotatable bonds is 9. The molecule has 29 heavy (non-hydrogen) atoms. The molecule has 0 spiro atoms. The first-order valence-corrected chi connectivity index (χ1v) is 11.6. The van der Waals surface area contributed by atoms with Crippen molar-refractivity contribution in [3.63, 3.8) is 0 Å². The summed E-state index contributed by atoms with van der Waals surface area (Å²) in [6, 6.07) is 12.6. The minimum atomic E-state index is -3.86. The third-order valence-electron chi connectivity index (χ3n) is 4.14. The maximum absolute atomic E-state index is 12.6. The fourth-order valence-electron chi connectivity index (χ4n) is 2.74. The topological polar surface area (TPSA) is 110 Å². The lowest BCUT2D eigenvalue weighted by molar-refractivity contribution is -0.384. The summed E-state index contributed by atoms with van der Waals surface area (Å²) in [4.78, 5) is 24.1. The molecule has 10 heteroatoms. The van der Waals surface area contributed by atoms with Crippen molar-refractivity contribution in [1.29, 1.82) is 0 Å². The van der Waals surface area contributed by atoms with E-state index in [1.807, 2.05) is 30.3 Å². The van der Waals surface area contributed by atoms with E-state index in [9.17, 15) is 23.3 Å². The van der Waals surface area contributed by atoms with Crippen LogP contribution in [0.2, 0.25) is 0 Å². The Hall–Kier alpha value is -2.59. The van der Waals surface area contributed by atoms with Crippen molar-refractivity contribution in [3.05, 3.63) is 64.2 Å². The number of anilines is 1. The fourth-order valence-corrected chi connectivity index (χ4v) is 4.75. The second kappa shape index (κ2) is 9.75. The molecule has 0 fully saturated rings. The van der Waals surface area contributed by atoms with Gasteiger partial charge in [0.15, 0.2) is 0 Å². The summed E-state index contributed by atoms with van der Waals surface area (Å²) < 4.78 is 25.7. The highest BCUT2D eigenvalue weighted by Gasteiger charge is 2.31. The molecular weight excluding hydrogens is 414 g/mol. The molecule has 0 radical (unpaired) electrons. The molecule has 1 N–H and O–H groups in total. The van der Waals surface area contributed by atoms with Crippen LogP contribution in [0.5, 0.6) is 0 Å². The van der Waals surface area contributed by atoms with Gasteiger partial charge in [0.1, 0.15) is 6.04 Å². The summed E-state index contributed by atoms with van der Waals surface area (Å²) in [5, 5.41) is 13.8.